The van der Waals surface area contributed by atoms with Crippen molar-refractivity contribution in [2.45, 2.75) is 18.9 Å². The van der Waals surface area contributed by atoms with Gasteiger partial charge in [-0.15, -0.1) is 0 Å². The van der Waals surface area contributed by atoms with Crippen molar-refractivity contribution in [3.05, 3.63) is 18.3 Å². The minimum atomic E-state index is 0.0983. The maximum Gasteiger partial charge on any atom is 0.125 e. The first-order chi connectivity index (χ1) is 8.29. The van der Waals surface area contributed by atoms with Crippen molar-refractivity contribution in [1.82, 2.24) is 4.98 Å². The van der Waals surface area contributed by atoms with E-state index in [0.717, 1.165) is 31.6 Å². The number of rotatable bonds is 4. The Bertz CT molecular complexity index is 351. The number of piperidine rings is 1. The number of nitrogen functional groups attached to an aromatic ring is 1. The summed E-state index contributed by atoms with van der Waals surface area (Å²) in [5.41, 5.74) is 6.79. The lowest BCUT2D eigenvalue weighted by molar-refractivity contribution is 0.0159. The highest BCUT2D eigenvalue weighted by Gasteiger charge is 2.19. The predicted octanol–water partition coefficient (Wildman–Crippen LogP) is 0.641. The first-order valence-electron chi connectivity index (χ1n) is 5.98. The molecule has 0 unspecified atom stereocenters. The fourth-order valence-corrected chi connectivity index (χ4v) is 2.13. The lowest BCUT2D eigenvalue weighted by Crippen LogP contribution is -2.37. The first kappa shape index (κ1) is 12.1. The van der Waals surface area contributed by atoms with Crippen LogP contribution in [0.2, 0.25) is 0 Å². The average Bonchev–Trinajstić information content (AvgIpc) is 2.37. The molecule has 0 aromatic carbocycles. The van der Waals surface area contributed by atoms with Gasteiger partial charge in [-0.3, -0.25) is 0 Å². The van der Waals surface area contributed by atoms with Crippen molar-refractivity contribution >= 4 is 11.5 Å². The first-order valence-corrected chi connectivity index (χ1v) is 5.98. The summed E-state index contributed by atoms with van der Waals surface area (Å²) in [6.07, 6.45) is 3.99. The summed E-state index contributed by atoms with van der Waals surface area (Å²) in [5, 5.41) is 8.70. The molecule has 0 bridgehead atoms. The molecule has 0 spiro atoms. The second-order valence-electron chi connectivity index (χ2n) is 4.22. The van der Waals surface area contributed by atoms with E-state index in [4.69, 9.17) is 15.6 Å². The number of pyridine rings is 1. The highest BCUT2D eigenvalue weighted by Crippen LogP contribution is 2.21. The summed E-state index contributed by atoms with van der Waals surface area (Å²) in [7, 11) is 0. The Balaban J connectivity index is 1.86. The summed E-state index contributed by atoms with van der Waals surface area (Å²) in [5.74, 6) is 0.557. The van der Waals surface area contributed by atoms with Crippen LogP contribution in [0.4, 0.5) is 11.5 Å². The fraction of sp³-hybridized carbons (Fsp3) is 0.583. The van der Waals surface area contributed by atoms with Gasteiger partial charge in [0, 0.05) is 31.0 Å². The number of nitrogens with two attached hydrogens (primary N) is 1. The third-order valence-corrected chi connectivity index (χ3v) is 3.02. The van der Waals surface area contributed by atoms with E-state index in [-0.39, 0.29) is 12.7 Å². The van der Waals surface area contributed by atoms with E-state index < -0.39 is 0 Å². The SMILES string of the molecule is Nc1cc(N2CCC(OCCO)CC2)ccn1. The number of hydrogen-bond acceptors (Lipinski definition) is 5. The number of aliphatic hydroxyl groups excluding tert-OH is 1. The maximum atomic E-state index is 8.70. The standard InChI is InChI=1S/C12H19N3O2/c13-12-9-10(1-4-14-12)15-5-2-11(3-6-15)17-8-7-16/h1,4,9,11,16H,2-3,5-8H2,(H2,13,14). The summed E-state index contributed by atoms with van der Waals surface area (Å²) in [6, 6.07) is 3.88. The number of ether oxygens (including phenoxy) is 1. The molecule has 94 valence electrons. The van der Waals surface area contributed by atoms with Gasteiger partial charge in [0.05, 0.1) is 19.3 Å². The van der Waals surface area contributed by atoms with E-state index in [1.54, 1.807) is 6.20 Å². The molecule has 3 N–H and O–H groups in total. The molecule has 17 heavy (non-hydrogen) atoms. The van der Waals surface area contributed by atoms with Gasteiger partial charge in [0.2, 0.25) is 0 Å². The van der Waals surface area contributed by atoms with Crippen molar-refractivity contribution in [2.24, 2.45) is 0 Å². The third-order valence-electron chi connectivity index (χ3n) is 3.02. The number of hydrogen-bond donors (Lipinski definition) is 2. The molecule has 2 heterocycles. The molecule has 0 atom stereocenters. The quantitative estimate of drug-likeness (QED) is 0.804. The highest BCUT2D eigenvalue weighted by molar-refractivity contribution is 5.52. The Morgan fingerprint density at radius 1 is 1.47 bits per heavy atom. The number of aromatic nitrogens is 1. The second kappa shape index (κ2) is 5.84. The van der Waals surface area contributed by atoms with Gasteiger partial charge in [-0.2, -0.15) is 0 Å². The summed E-state index contributed by atoms with van der Waals surface area (Å²) < 4.78 is 5.53. The van der Waals surface area contributed by atoms with Gasteiger partial charge in [-0.05, 0) is 18.9 Å². The molecule has 5 heteroatoms. The van der Waals surface area contributed by atoms with Crippen LogP contribution < -0.4 is 10.6 Å². The van der Waals surface area contributed by atoms with Crippen molar-refractivity contribution in [3.8, 4) is 0 Å². The lowest BCUT2D eigenvalue weighted by atomic mass is 10.1. The van der Waals surface area contributed by atoms with Crippen molar-refractivity contribution in [1.29, 1.82) is 0 Å². The minimum absolute atomic E-state index is 0.0983. The highest BCUT2D eigenvalue weighted by atomic mass is 16.5. The molecule has 2 rings (SSSR count). The normalized spacial score (nSPS) is 17.4. The van der Waals surface area contributed by atoms with Gasteiger partial charge in [-0.1, -0.05) is 0 Å². The van der Waals surface area contributed by atoms with E-state index in [2.05, 4.69) is 9.88 Å². The smallest absolute Gasteiger partial charge is 0.125 e. The van der Waals surface area contributed by atoms with Crippen molar-refractivity contribution < 1.29 is 9.84 Å². The van der Waals surface area contributed by atoms with Crippen LogP contribution in [0.25, 0.3) is 0 Å². The molecule has 1 fully saturated rings. The van der Waals surface area contributed by atoms with Gasteiger partial charge in [0.15, 0.2) is 0 Å². The number of aliphatic hydroxyl groups is 1. The molecule has 1 aromatic heterocycles. The van der Waals surface area contributed by atoms with Crippen LogP contribution in [0.5, 0.6) is 0 Å². The monoisotopic (exact) mass is 237 g/mol. The summed E-state index contributed by atoms with van der Waals surface area (Å²) in [4.78, 5) is 6.28. The van der Waals surface area contributed by atoms with Gasteiger partial charge >= 0.3 is 0 Å². The van der Waals surface area contributed by atoms with E-state index in [9.17, 15) is 0 Å². The fourth-order valence-electron chi connectivity index (χ4n) is 2.13. The van der Waals surface area contributed by atoms with Crippen LogP contribution in [0.3, 0.4) is 0 Å². The molecule has 1 aliphatic heterocycles. The Hall–Kier alpha value is -1.33. The molecule has 5 nitrogen and oxygen atoms in total. The largest absolute Gasteiger partial charge is 0.394 e. The molecule has 1 aromatic rings. The van der Waals surface area contributed by atoms with Crippen molar-refractivity contribution in [3.63, 3.8) is 0 Å². The lowest BCUT2D eigenvalue weighted by Gasteiger charge is -2.33. The van der Waals surface area contributed by atoms with Crippen LogP contribution in [0.1, 0.15) is 12.8 Å². The number of anilines is 2. The Morgan fingerprint density at radius 3 is 2.88 bits per heavy atom. The minimum Gasteiger partial charge on any atom is -0.394 e. The van der Waals surface area contributed by atoms with Gasteiger partial charge in [0.25, 0.3) is 0 Å². The molecule has 1 aliphatic rings. The van der Waals surface area contributed by atoms with Crippen LogP contribution in [0, 0.1) is 0 Å². The second-order valence-corrected chi connectivity index (χ2v) is 4.22. The molecule has 0 aliphatic carbocycles. The topological polar surface area (TPSA) is 71.6 Å². The molecule has 0 amide bonds. The molecular weight excluding hydrogens is 218 g/mol. The summed E-state index contributed by atoms with van der Waals surface area (Å²) in [6.45, 7) is 2.45. The van der Waals surface area contributed by atoms with Crippen LogP contribution in [-0.2, 0) is 4.74 Å². The Morgan fingerprint density at radius 2 is 2.24 bits per heavy atom. The Kier molecular flexibility index (Phi) is 4.17. The number of nitrogens with zero attached hydrogens (tertiary/aromatic N) is 2. The average molecular weight is 237 g/mol. The molecule has 0 radical (unpaired) electrons. The third kappa shape index (κ3) is 3.31. The van der Waals surface area contributed by atoms with Gasteiger partial charge in [-0.25, -0.2) is 4.98 Å². The van der Waals surface area contributed by atoms with Crippen LogP contribution in [-0.4, -0.2) is 42.5 Å². The summed E-state index contributed by atoms with van der Waals surface area (Å²) >= 11 is 0. The van der Waals surface area contributed by atoms with E-state index in [1.165, 1.54) is 0 Å². The molecular formula is C12H19N3O2. The molecule has 0 saturated carbocycles. The van der Waals surface area contributed by atoms with Crippen LogP contribution in [0.15, 0.2) is 18.3 Å². The van der Waals surface area contributed by atoms with Crippen molar-refractivity contribution in [2.75, 3.05) is 36.9 Å². The zero-order valence-corrected chi connectivity index (χ0v) is 9.88. The maximum absolute atomic E-state index is 8.70. The van der Waals surface area contributed by atoms with E-state index in [1.807, 2.05) is 12.1 Å². The zero-order valence-electron chi connectivity index (χ0n) is 9.88. The van der Waals surface area contributed by atoms with Gasteiger partial charge < -0.3 is 20.5 Å². The zero-order chi connectivity index (χ0) is 12.1. The molecule has 1 saturated heterocycles. The van der Waals surface area contributed by atoms with Gasteiger partial charge in [0.1, 0.15) is 5.82 Å². The van der Waals surface area contributed by atoms with E-state index >= 15 is 0 Å². The van der Waals surface area contributed by atoms with Crippen LogP contribution >= 0.6 is 0 Å². The predicted molar refractivity (Wildman–Crippen MR) is 66.9 cm³/mol. The van der Waals surface area contributed by atoms with E-state index in [0.29, 0.717) is 12.4 Å². The Labute approximate surface area is 101 Å².